The van der Waals surface area contributed by atoms with Crippen LogP contribution in [-0.4, -0.2) is 15.2 Å². The Balaban J connectivity index is 2.32. The van der Waals surface area contributed by atoms with Crippen LogP contribution < -0.4 is 5.56 Å². The van der Waals surface area contributed by atoms with Crippen molar-refractivity contribution in [2.75, 3.05) is 0 Å². The van der Waals surface area contributed by atoms with Gasteiger partial charge in [0.05, 0.1) is 0 Å². The number of rotatable bonds is 2. The summed E-state index contributed by atoms with van der Waals surface area (Å²) in [6.07, 6.45) is 4.11. The van der Waals surface area contributed by atoms with Crippen LogP contribution in [0.1, 0.15) is 16.8 Å². The lowest BCUT2D eigenvalue weighted by molar-refractivity contribution is 1.02. The zero-order chi connectivity index (χ0) is 9.97. The largest absolute Gasteiger partial charge is 0.302 e. The van der Waals surface area contributed by atoms with Crippen molar-refractivity contribution in [2.45, 2.75) is 13.3 Å². The number of nitrogens with one attached hydrogen (secondary N) is 2. The second-order valence-corrected chi connectivity index (χ2v) is 3.22. The van der Waals surface area contributed by atoms with Crippen LogP contribution in [0.25, 0.3) is 0 Å². The van der Waals surface area contributed by atoms with Gasteiger partial charge in [-0.3, -0.25) is 14.9 Å². The number of aryl methyl sites for hydroxylation is 1. The Morgan fingerprint density at radius 3 is 2.86 bits per heavy atom. The molecule has 2 aromatic heterocycles. The Morgan fingerprint density at radius 1 is 1.43 bits per heavy atom. The lowest BCUT2D eigenvalue weighted by Crippen LogP contribution is -2.06. The van der Waals surface area contributed by atoms with Crippen molar-refractivity contribution >= 4 is 0 Å². The lowest BCUT2D eigenvalue weighted by Gasteiger charge is -1.97. The molecule has 0 fully saturated rings. The van der Waals surface area contributed by atoms with Crippen LogP contribution in [0, 0.1) is 6.92 Å². The zero-order valence-electron chi connectivity index (χ0n) is 7.87. The second-order valence-electron chi connectivity index (χ2n) is 3.22. The number of H-pyrrole nitrogens is 2. The molecule has 0 amide bonds. The van der Waals surface area contributed by atoms with Crippen LogP contribution in [0.3, 0.4) is 0 Å². The third-order valence-electron chi connectivity index (χ3n) is 2.19. The Bertz CT molecular complexity index is 470. The van der Waals surface area contributed by atoms with Crippen molar-refractivity contribution in [3.05, 3.63) is 51.7 Å². The van der Waals surface area contributed by atoms with Gasteiger partial charge in [-0.25, -0.2) is 0 Å². The Hall–Kier alpha value is -1.84. The van der Waals surface area contributed by atoms with Crippen LogP contribution in [0.2, 0.25) is 0 Å². The molecule has 0 saturated carbocycles. The molecule has 0 saturated heterocycles. The molecule has 2 heterocycles. The van der Waals surface area contributed by atoms with Crippen LogP contribution in [0.5, 0.6) is 0 Å². The second kappa shape index (κ2) is 3.49. The van der Waals surface area contributed by atoms with Gasteiger partial charge in [0, 0.05) is 30.1 Å². The van der Waals surface area contributed by atoms with Gasteiger partial charge in [-0.15, -0.1) is 0 Å². The normalized spacial score (nSPS) is 10.4. The van der Waals surface area contributed by atoms with E-state index >= 15 is 0 Å². The maximum Gasteiger partial charge on any atom is 0.267 e. The van der Waals surface area contributed by atoms with Gasteiger partial charge in [-0.05, 0) is 18.6 Å². The summed E-state index contributed by atoms with van der Waals surface area (Å²) in [5.41, 5.74) is 2.66. The van der Waals surface area contributed by atoms with Gasteiger partial charge in [0.25, 0.3) is 5.56 Å². The van der Waals surface area contributed by atoms with Crippen LogP contribution >= 0.6 is 0 Å². The molecule has 0 aromatic carbocycles. The van der Waals surface area contributed by atoms with E-state index in [1.807, 2.05) is 19.1 Å². The molecule has 14 heavy (non-hydrogen) atoms. The maximum atomic E-state index is 11.3. The average molecular weight is 189 g/mol. The van der Waals surface area contributed by atoms with E-state index in [0.29, 0.717) is 6.42 Å². The van der Waals surface area contributed by atoms with E-state index in [0.717, 1.165) is 16.8 Å². The molecular formula is C10H11N3O. The maximum absolute atomic E-state index is 11.3. The topological polar surface area (TPSA) is 61.5 Å². The molecule has 4 heteroatoms. The molecule has 0 aliphatic carbocycles. The van der Waals surface area contributed by atoms with E-state index in [1.165, 1.54) is 0 Å². The third-order valence-corrected chi connectivity index (χ3v) is 2.19. The molecule has 0 bridgehead atoms. The van der Waals surface area contributed by atoms with Crippen molar-refractivity contribution < 1.29 is 0 Å². The number of hydrogen-bond acceptors (Lipinski definition) is 2. The minimum atomic E-state index is -0.0497. The number of hydrogen-bond donors (Lipinski definition) is 2. The predicted molar refractivity (Wildman–Crippen MR) is 53.2 cm³/mol. The average Bonchev–Trinajstić information content (AvgIpc) is 2.51. The zero-order valence-corrected chi connectivity index (χ0v) is 7.87. The van der Waals surface area contributed by atoms with Crippen molar-refractivity contribution in [2.24, 2.45) is 0 Å². The van der Waals surface area contributed by atoms with Crippen LogP contribution in [0.15, 0.2) is 29.3 Å². The van der Waals surface area contributed by atoms with Gasteiger partial charge in [-0.2, -0.15) is 0 Å². The highest BCUT2D eigenvalue weighted by Gasteiger charge is 2.06. The number of pyridine rings is 1. The smallest absolute Gasteiger partial charge is 0.267 e. The summed E-state index contributed by atoms with van der Waals surface area (Å²) in [7, 11) is 0. The lowest BCUT2D eigenvalue weighted by atomic mass is 10.1. The molecule has 72 valence electrons. The van der Waals surface area contributed by atoms with Gasteiger partial charge >= 0.3 is 0 Å². The summed E-state index contributed by atoms with van der Waals surface area (Å²) in [5.74, 6) is 0. The van der Waals surface area contributed by atoms with Gasteiger partial charge in [0.15, 0.2) is 0 Å². The minimum absolute atomic E-state index is 0.0497. The molecule has 0 radical (unpaired) electrons. The molecule has 2 N–H and O–H groups in total. The van der Waals surface area contributed by atoms with Crippen molar-refractivity contribution in [1.82, 2.24) is 15.2 Å². The highest BCUT2D eigenvalue weighted by molar-refractivity contribution is 5.24. The van der Waals surface area contributed by atoms with E-state index < -0.39 is 0 Å². The standard InChI is InChI=1S/C10H11N3O/c1-7-9(10(14)13-12-7)5-8-3-2-4-11-6-8/h2-4,6H,5H2,1H3,(H2,12,13,14). The fraction of sp³-hybridized carbons (Fsp3) is 0.200. The first kappa shape index (κ1) is 8.74. The van der Waals surface area contributed by atoms with Crippen molar-refractivity contribution in [3.8, 4) is 0 Å². The van der Waals surface area contributed by atoms with E-state index in [2.05, 4.69) is 15.2 Å². The van der Waals surface area contributed by atoms with Crippen LogP contribution in [0.4, 0.5) is 0 Å². The Morgan fingerprint density at radius 2 is 2.29 bits per heavy atom. The van der Waals surface area contributed by atoms with Crippen molar-refractivity contribution in [3.63, 3.8) is 0 Å². The highest BCUT2D eigenvalue weighted by atomic mass is 16.1. The molecule has 2 rings (SSSR count). The number of aromatic nitrogens is 3. The molecule has 0 atom stereocenters. The van der Waals surface area contributed by atoms with Gasteiger partial charge in [-0.1, -0.05) is 6.07 Å². The van der Waals surface area contributed by atoms with E-state index in [9.17, 15) is 4.79 Å². The quantitative estimate of drug-likeness (QED) is 0.740. The van der Waals surface area contributed by atoms with Crippen molar-refractivity contribution in [1.29, 1.82) is 0 Å². The van der Waals surface area contributed by atoms with E-state index in [-0.39, 0.29) is 5.56 Å². The van der Waals surface area contributed by atoms with E-state index in [1.54, 1.807) is 12.4 Å². The highest BCUT2D eigenvalue weighted by Crippen LogP contribution is 2.06. The molecular weight excluding hydrogens is 178 g/mol. The molecule has 0 unspecified atom stereocenters. The Kier molecular flexibility index (Phi) is 2.18. The van der Waals surface area contributed by atoms with Crippen LogP contribution in [-0.2, 0) is 6.42 Å². The summed E-state index contributed by atoms with van der Waals surface area (Å²) in [6, 6.07) is 3.82. The summed E-state index contributed by atoms with van der Waals surface area (Å²) in [4.78, 5) is 15.3. The van der Waals surface area contributed by atoms with E-state index in [4.69, 9.17) is 0 Å². The third kappa shape index (κ3) is 1.59. The first-order valence-corrected chi connectivity index (χ1v) is 4.42. The number of aromatic amines is 2. The molecule has 0 aliphatic heterocycles. The Labute approximate surface area is 81.0 Å². The fourth-order valence-corrected chi connectivity index (χ4v) is 1.39. The summed E-state index contributed by atoms with van der Waals surface area (Å²) < 4.78 is 0. The monoisotopic (exact) mass is 189 g/mol. The predicted octanol–water partition coefficient (Wildman–Crippen LogP) is 0.997. The van der Waals surface area contributed by atoms with Gasteiger partial charge in [0.1, 0.15) is 0 Å². The SMILES string of the molecule is Cc1[nH][nH]c(=O)c1Cc1cccnc1. The fourth-order valence-electron chi connectivity index (χ4n) is 1.39. The summed E-state index contributed by atoms with van der Waals surface area (Å²) >= 11 is 0. The summed E-state index contributed by atoms with van der Waals surface area (Å²) in [5, 5.41) is 5.36. The molecule has 0 aliphatic rings. The first-order chi connectivity index (χ1) is 6.77. The van der Waals surface area contributed by atoms with Gasteiger partial charge < -0.3 is 5.10 Å². The molecule has 2 aromatic rings. The summed E-state index contributed by atoms with van der Waals surface area (Å²) in [6.45, 7) is 1.88. The first-order valence-electron chi connectivity index (χ1n) is 4.42. The molecule has 0 spiro atoms. The molecule has 4 nitrogen and oxygen atoms in total. The van der Waals surface area contributed by atoms with Gasteiger partial charge in [0.2, 0.25) is 0 Å². The number of nitrogens with zero attached hydrogens (tertiary/aromatic N) is 1. The minimum Gasteiger partial charge on any atom is -0.302 e.